The normalized spacial score (nSPS) is 31.1. The molecule has 0 radical (unpaired) electrons. The molecule has 0 bridgehead atoms. The van der Waals surface area contributed by atoms with Crippen LogP contribution >= 0.6 is 0 Å². The van der Waals surface area contributed by atoms with Crippen LogP contribution < -0.4 is 5.32 Å². The lowest BCUT2D eigenvalue weighted by Gasteiger charge is -2.50. The van der Waals surface area contributed by atoms with Crippen LogP contribution in [-0.2, 0) is 4.74 Å². The van der Waals surface area contributed by atoms with Crippen molar-refractivity contribution in [3.63, 3.8) is 0 Å². The Bertz CT molecular complexity index is 371. The van der Waals surface area contributed by atoms with Crippen molar-refractivity contribution in [2.45, 2.75) is 58.1 Å². The van der Waals surface area contributed by atoms with Crippen molar-refractivity contribution in [1.82, 2.24) is 10.2 Å². The lowest BCUT2D eigenvalue weighted by Crippen LogP contribution is -2.63. The van der Waals surface area contributed by atoms with Gasteiger partial charge in [0.25, 0.3) is 0 Å². The molecule has 2 aliphatic heterocycles. The van der Waals surface area contributed by atoms with E-state index in [0.29, 0.717) is 25.9 Å². The monoisotopic (exact) mass is 290 g/mol. The predicted octanol–water partition coefficient (Wildman–Crippen LogP) is 2.63. The molecular formula is C14H24F2N2O2. The zero-order valence-corrected chi connectivity index (χ0v) is 12.4. The summed E-state index contributed by atoms with van der Waals surface area (Å²) in [5.41, 5.74) is -1.54. The SMILES string of the molecule is CC(C)(C)OC(=O)N1CCC2(C(F)F)CCCNC2C1. The zero-order valence-electron chi connectivity index (χ0n) is 12.4. The Hall–Kier alpha value is -0.910. The average molecular weight is 290 g/mol. The summed E-state index contributed by atoms with van der Waals surface area (Å²) in [5.74, 6) is 0. The van der Waals surface area contributed by atoms with Crippen LogP contribution in [0.5, 0.6) is 0 Å². The van der Waals surface area contributed by atoms with Crippen molar-refractivity contribution in [1.29, 1.82) is 0 Å². The van der Waals surface area contributed by atoms with Crippen molar-refractivity contribution in [3.05, 3.63) is 0 Å². The van der Waals surface area contributed by atoms with Gasteiger partial charge in [0.1, 0.15) is 5.60 Å². The van der Waals surface area contributed by atoms with Crippen LogP contribution in [0.2, 0.25) is 0 Å². The zero-order chi connectivity index (χ0) is 15.0. The molecule has 0 aliphatic carbocycles. The second-order valence-corrected chi connectivity index (χ2v) is 6.82. The van der Waals surface area contributed by atoms with Gasteiger partial charge in [-0.15, -0.1) is 0 Å². The second-order valence-electron chi connectivity index (χ2n) is 6.82. The van der Waals surface area contributed by atoms with Gasteiger partial charge in [0.05, 0.1) is 0 Å². The number of nitrogens with one attached hydrogen (secondary N) is 1. The molecule has 0 aromatic carbocycles. The number of hydrogen-bond donors (Lipinski definition) is 1. The molecule has 2 rings (SSSR count). The number of amides is 1. The maximum atomic E-state index is 13.5. The minimum Gasteiger partial charge on any atom is -0.444 e. The van der Waals surface area contributed by atoms with Crippen molar-refractivity contribution in [3.8, 4) is 0 Å². The molecule has 2 aliphatic rings. The highest BCUT2D eigenvalue weighted by atomic mass is 19.3. The maximum Gasteiger partial charge on any atom is 0.410 e. The van der Waals surface area contributed by atoms with Crippen molar-refractivity contribution < 1.29 is 18.3 Å². The highest BCUT2D eigenvalue weighted by Crippen LogP contribution is 2.43. The van der Waals surface area contributed by atoms with E-state index in [1.807, 2.05) is 0 Å². The quantitative estimate of drug-likeness (QED) is 0.807. The van der Waals surface area contributed by atoms with E-state index in [0.717, 1.165) is 13.0 Å². The number of rotatable bonds is 1. The van der Waals surface area contributed by atoms with Crippen LogP contribution in [0.25, 0.3) is 0 Å². The molecule has 2 heterocycles. The number of carbonyl (C=O) groups is 1. The summed E-state index contributed by atoms with van der Waals surface area (Å²) >= 11 is 0. The van der Waals surface area contributed by atoms with Gasteiger partial charge in [-0.1, -0.05) is 0 Å². The minimum absolute atomic E-state index is 0.305. The Balaban J connectivity index is 2.05. The van der Waals surface area contributed by atoms with Gasteiger partial charge in [0, 0.05) is 24.5 Å². The van der Waals surface area contributed by atoms with Gasteiger partial charge >= 0.3 is 6.09 Å². The van der Waals surface area contributed by atoms with E-state index in [1.165, 1.54) is 0 Å². The maximum absolute atomic E-state index is 13.5. The standard InChI is InChI=1S/C14H24F2N2O2/c1-13(2,3)20-12(19)18-8-6-14(11(15)16)5-4-7-17-10(14)9-18/h10-11,17H,4-9H2,1-3H3. The van der Waals surface area contributed by atoms with E-state index in [4.69, 9.17) is 4.74 Å². The summed E-state index contributed by atoms with van der Waals surface area (Å²) in [4.78, 5) is 13.6. The van der Waals surface area contributed by atoms with Crippen molar-refractivity contribution in [2.24, 2.45) is 5.41 Å². The molecule has 0 aromatic rings. The molecule has 6 heteroatoms. The first-order valence-electron chi connectivity index (χ1n) is 7.24. The second kappa shape index (κ2) is 5.47. The molecule has 1 amide bonds. The highest BCUT2D eigenvalue weighted by Gasteiger charge is 2.51. The molecule has 2 fully saturated rings. The van der Waals surface area contributed by atoms with Crippen LogP contribution in [0.4, 0.5) is 13.6 Å². The third-order valence-electron chi connectivity index (χ3n) is 4.24. The van der Waals surface area contributed by atoms with Gasteiger partial charge in [-0.2, -0.15) is 0 Å². The highest BCUT2D eigenvalue weighted by molar-refractivity contribution is 5.68. The van der Waals surface area contributed by atoms with E-state index >= 15 is 0 Å². The van der Waals surface area contributed by atoms with E-state index in [-0.39, 0.29) is 6.04 Å². The van der Waals surface area contributed by atoms with Gasteiger partial charge in [-0.3, -0.25) is 0 Å². The van der Waals surface area contributed by atoms with Crippen LogP contribution in [0.15, 0.2) is 0 Å². The van der Waals surface area contributed by atoms with Crippen LogP contribution in [0.1, 0.15) is 40.0 Å². The fourth-order valence-electron chi connectivity index (χ4n) is 3.13. The summed E-state index contributed by atoms with van der Waals surface area (Å²) in [5, 5.41) is 3.16. The number of hydrogen-bond acceptors (Lipinski definition) is 3. The third-order valence-corrected chi connectivity index (χ3v) is 4.24. The molecule has 4 nitrogen and oxygen atoms in total. The minimum atomic E-state index is -2.35. The first-order chi connectivity index (χ1) is 9.24. The number of likely N-dealkylation sites (tertiary alicyclic amines) is 1. The average Bonchev–Trinajstić information content (AvgIpc) is 2.35. The molecule has 1 N–H and O–H groups in total. The molecule has 2 atom stereocenters. The van der Waals surface area contributed by atoms with E-state index in [1.54, 1.807) is 25.7 Å². The van der Waals surface area contributed by atoms with E-state index in [9.17, 15) is 13.6 Å². The fourth-order valence-corrected chi connectivity index (χ4v) is 3.13. The number of piperidine rings is 2. The Kier molecular flexibility index (Phi) is 4.23. The number of alkyl halides is 2. The molecule has 0 saturated carbocycles. The summed E-state index contributed by atoms with van der Waals surface area (Å²) in [6, 6.07) is -0.336. The number of nitrogens with zero attached hydrogens (tertiary/aromatic N) is 1. The largest absolute Gasteiger partial charge is 0.444 e. The van der Waals surface area contributed by atoms with Gasteiger partial charge in [0.15, 0.2) is 0 Å². The molecule has 116 valence electrons. The Morgan fingerprint density at radius 2 is 2.10 bits per heavy atom. The fraction of sp³-hybridized carbons (Fsp3) is 0.929. The van der Waals surface area contributed by atoms with Crippen LogP contribution in [0.3, 0.4) is 0 Å². The van der Waals surface area contributed by atoms with E-state index in [2.05, 4.69) is 5.32 Å². The summed E-state index contributed by atoms with van der Waals surface area (Å²) < 4.78 is 32.3. The smallest absolute Gasteiger partial charge is 0.410 e. The molecule has 2 unspecified atom stereocenters. The molecule has 0 aromatic heterocycles. The number of halogens is 2. The molecule has 2 saturated heterocycles. The van der Waals surface area contributed by atoms with Gasteiger partial charge in [-0.25, -0.2) is 13.6 Å². The molecule has 0 spiro atoms. The van der Waals surface area contributed by atoms with Gasteiger partial charge in [0.2, 0.25) is 6.43 Å². The topological polar surface area (TPSA) is 41.6 Å². The van der Waals surface area contributed by atoms with E-state index < -0.39 is 23.5 Å². The predicted molar refractivity (Wildman–Crippen MR) is 71.9 cm³/mol. The number of carbonyl (C=O) groups excluding carboxylic acids is 1. The Morgan fingerprint density at radius 3 is 2.70 bits per heavy atom. The number of ether oxygens (including phenoxy) is 1. The van der Waals surface area contributed by atoms with Gasteiger partial charge in [-0.05, 0) is 46.6 Å². The number of fused-ring (bicyclic) bond motifs is 1. The third kappa shape index (κ3) is 3.05. The van der Waals surface area contributed by atoms with Crippen molar-refractivity contribution >= 4 is 6.09 Å². The summed E-state index contributed by atoms with van der Waals surface area (Å²) in [7, 11) is 0. The van der Waals surface area contributed by atoms with Crippen molar-refractivity contribution in [2.75, 3.05) is 19.6 Å². The first-order valence-corrected chi connectivity index (χ1v) is 7.24. The summed E-state index contributed by atoms with van der Waals surface area (Å²) in [6.45, 7) is 6.80. The summed E-state index contributed by atoms with van der Waals surface area (Å²) in [6.07, 6.45) is -1.12. The Morgan fingerprint density at radius 1 is 1.40 bits per heavy atom. The first kappa shape index (κ1) is 15.5. The van der Waals surface area contributed by atoms with Crippen LogP contribution in [0, 0.1) is 5.41 Å². The van der Waals surface area contributed by atoms with Gasteiger partial charge < -0.3 is 15.0 Å². The lowest BCUT2D eigenvalue weighted by molar-refractivity contribution is -0.0887. The molecule has 20 heavy (non-hydrogen) atoms. The lowest BCUT2D eigenvalue weighted by atomic mass is 9.69. The Labute approximate surface area is 118 Å². The van der Waals surface area contributed by atoms with Crippen LogP contribution in [-0.4, -0.2) is 48.7 Å². The molecular weight excluding hydrogens is 266 g/mol.